The first-order chi connectivity index (χ1) is 6.33. The van der Waals surface area contributed by atoms with Gasteiger partial charge in [0.15, 0.2) is 0 Å². The summed E-state index contributed by atoms with van der Waals surface area (Å²) in [7, 11) is 0. The van der Waals surface area contributed by atoms with Gasteiger partial charge in [-0.2, -0.15) is 0 Å². The average Bonchev–Trinajstić information content (AvgIpc) is 2.19. The molecule has 0 bridgehead atoms. The van der Waals surface area contributed by atoms with Gasteiger partial charge in [0.05, 0.1) is 6.10 Å². The number of hydrogen-bond acceptors (Lipinski definition) is 2. The van der Waals surface area contributed by atoms with E-state index in [2.05, 4.69) is 5.32 Å². The average molecular weight is 206 g/mol. The summed E-state index contributed by atoms with van der Waals surface area (Å²) in [5, 5.41) is 2.73. The highest BCUT2D eigenvalue weighted by molar-refractivity contribution is 6.27. The molecule has 1 fully saturated rings. The number of carbonyl (C=O) groups is 1. The lowest BCUT2D eigenvalue weighted by atomic mass is 10.1. The van der Waals surface area contributed by atoms with Crippen molar-refractivity contribution >= 4 is 17.5 Å². The zero-order chi connectivity index (χ0) is 9.52. The number of ether oxygens (including phenoxy) is 1. The second-order valence-electron chi connectivity index (χ2n) is 3.26. The topological polar surface area (TPSA) is 38.3 Å². The monoisotopic (exact) mass is 205 g/mol. The van der Waals surface area contributed by atoms with E-state index in [1.165, 1.54) is 12.8 Å². The summed E-state index contributed by atoms with van der Waals surface area (Å²) in [6.07, 6.45) is 4.78. The molecule has 1 unspecified atom stereocenters. The van der Waals surface area contributed by atoms with Gasteiger partial charge in [-0.1, -0.05) is 0 Å². The fourth-order valence-corrected chi connectivity index (χ4v) is 1.55. The van der Waals surface area contributed by atoms with Crippen LogP contribution in [0.1, 0.15) is 25.7 Å². The standard InChI is InChI=1S/C9H16ClNO2/c10-7-9(12)11-5-4-8-3-1-2-6-13-8/h8H,1-7H2,(H,11,12). The van der Waals surface area contributed by atoms with Crippen molar-refractivity contribution in [3.05, 3.63) is 0 Å². The van der Waals surface area contributed by atoms with E-state index >= 15 is 0 Å². The lowest BCUT2D eigenvalue weighted by Crippen LogP contribution is -2.30. The third kappa shape index (κ3) is 4.48. The Bertz CT molecular complexity index is 158. The molecule has 3 nitrogen and oxygen atoms in total. The molecule has 0 radical (unpaired) electrons. The van der Waals surface area contributed by atoms with E-state index in [9.17, 15) is 4.79 Å². The van der Waals surface area contributed by atoms with Crippen LogP contribution in [-0.2, 0) is 9.53 Å². The lowest BCUT2D eigenvalue weighted by Gasteiger charge is -2.22. The second kappa shape index (κ2) is 6.22. The molecule has 1 aliphatic heterocycles. The predicted octanol–water partition coefficient (Wildman–Crippen LogP) is 1.30. The largest absolute Gasteiger partial charge is 0.378 e. The summed E-state index contributed by atoms with van der Waals surface area (Å²) in [6, 6.07) is 0. The second-order valence-corrected chi connectivity index (χ2v) is 3.53. The third-order valence-corrected chi connectivity index (χ3v) is 2.43. The van der Waals surface area contributed by atoms with Crippen molar-refractivity contribution in [2.45, 2.75) is 31.8 Å². The molecule has 0 saturated carbocycles. The highest BCUT2D eigenvalue weighted by Crippen LogP contribution is 2.14. The first kappa shape index (κ1) is 10.8. The zero-order valence-corrected chi connectivity index (χ0v) is 8.48. The van der Waals surface area contributed by atoms with Gasteiger partial charge < -0.3 is 10.1 Å². The molecule has 1 N–H and O–H groups in total. The molecule has 13 heavy (non-hydrogen) atoms. The van der Waals surface area contributed by atoms with Crippen molar-refractivity contribution in [2.24, 2.45) is 0 Å². The predicted molar refractivity (Wildman–Crippen MR) is 51.9 cm³/mol. The maximum atomic E-state index is 10.8. The highest BCUT2D eigenvalue weighted by atomic mass is 35.5. The molecule has 1 heterocycles. The molecule has 0 aromatic carbocycles. The minimum atomic E-state index is -0.0996. The summed E-state index contributed by atoms with van der Waals surface area (Å²) in [5.74, 6) is -0.0524. The summed E-state index contributed by atoms with van der Waals surface area (Å²) in [6.45, 7) is 1.55. The van der Waals surface area contributed by atoms with Crippen LogP contribution in [0.25, 0.3) is 0 Å². The first-order valence-corrected chi connectivity index (χ1v) is 5.30. The molecule has 4 heteroatoms. The summed E-state index contributed by atoms with van der Waals surface area (Å²) in [4.78, 5) is 10.8. The lowest BCUT2D eigenvalue weighted by molar-refractivity contribution is -0.118. The summed E-state index contributed by atoms with van der Waals surface area (Å²) >= 11 is 5.33. The Labute approximate surface area is 83.8 Å². The van der Waals surface area contributed by atoms with E-state index in [-0.39, 0.29) is 11.8 Å². The first-order valence-electron chi connectivity index (χ1n) is 4.77. The van der Waals surface area contributed by atoms with E-state index in [0.29, 0.717) is 12.6 Å². The highest BCUT2D eigenvalue weighted by Gasteiger charge is 2.13. The van der Waals surface area contributed by atoms with Gasteiger partial charge in [-0.05, 0) is 25.7 Å². The van der Waals surface area contributed by atoms with Crippen molar-refractivity contribution in [2.75, 3.05) is 19.0 Å². The Morgan fingerprint density at radius 3 is 3.00 bits per heavy atom. The van der Waals surface area contributed by atoms with Gasteiger partial charge in [0.25, 0.3) is 0 Å². The number of halogens is 1. The third-order valence-electron chi connectivity index (χ3n) is 2.18. The van der Waals surface area contributed by atoms with E-state index in [0.717, 1.165) is 19.4 Å². The normalized spacial score (nSPS) is 22.7. The Morgan fingerprint density at radius 2 is 2.38 bits per heavy atom. The van der Waals surface area contributed by atoms with Crippen LogP contribution in [0.3, 0.4) is 0 Å². The molecule has 1 saturated heterocycles. The molecule has 1 rings (SSSR count). The molecule has 0 aromatic rings. The van der Waals surface area contributed by atoms with Crippen LogP contribution in [0.15, 0.2) is 0 Å². The van der Waals surface area contributed by atoms with Crippen molar-refractivity contribution in [3.8, 4) is 0 Å². The number of nitrogens with one attached hydrogen (secondary N) is 1. The van der Waals surface area contributed by atoms with Crippen molar-refractivity contribution in [3.63, 3.8) is 0 Å². The number of amides is 1. The van der Waals surface area contributed by atoms with Gasteiger partial charge in [-0.25, -0.2) is 0 Å². The molecule has 1 amide bonds. The maximum absolute atomic E-state index is 10.8. The minimum Gasteiger partial charge on any atom is -0.378 e. The molecule has 76 valence electrons. The van der Waals surface area contributed by atoms with E-state index in [4.69, 9.17) is 16.3 Å². The van der Waals surface area contributed by atoms with E-state index in [1.54, 1.807) is 0 Å². The van der Waals surface area contributed by atoms with Crippen LogP contribution in [-0.4, -0.2) is 31.0 Å². The van der Waals surface area contributed by atoms with Crippen LogP contribution in [0.5, 0.6) is 0 Å². The minimum absolute atomic E-state index is 0.0471. The Kier molecular flexibility index (Phi) is 5.16. The number of alkyl halides is 1. The van der Waals surface area contributed by atoms with Gasteiger partial charge >= 0.3 is 0 Å². The van der Waals surface area contributed by atoms with Crippen molar-refractivity contribution in [1.82, 2.24) is 5.32 Å². The molecule has 0 aliphatic carbocycles. The Balaban J connectivity index is 2.01. The molecule has 1 atom stereocenters. The van der Waals surface area contributed by atoms with E-state index in [1.807, 2.05) is 0 Å². The van der Waals surface area contributed by atoms with Gasteiger partial charge in [-0.15, -0.1) is 11.6 Å². The number of carbonyl (C=O) groups excluding carboxylic acids is 1. The van der Waals surface area contributed by atoms with Crippen LogP contribution >= 0.6 is 11.6 Å². The van der Waals surface area contributed by atoms with Gasteiger partial charge in [0.2, 0.25) is 5.91 Å². The molecule has 0 aromatic heterocycles. The SMILES string of the molecule is O=C(CCl)NCCC1CCCCO1. The maximum Gasteiger partial charge on any atom is 0.234 e. The number of hydrogen-bond donors (Lipinski definition) is 1. The van der Waals surface area contributed by atoms with Gasteiger partial charge in [-0.3, -0.25) is 4.79 Å². The van der Waals surface area contributed by atoms with Crippen LogP contribution in [0, 0.1) is 0 Å². The van der Waals surface area contributed by atoms with Crippen LogP contribution in [0.4, 0.5) is 0 Å². The Morgan fingerprint density at radius 1 is 1.54 bits per heavy atom. The van der Waals surface area contributed by atoms with Gasteiger partial charge in [0.1, 0.15) is 5.88 Å². The zero-order valence-electron chi connectivity index (χ0n) is 7.72. The quantitative estimate of drug-likeness (QED) is 0.703. The molecule has 0 spiro atoms. The van der Waals surface area contributed by atoms with Crippen molar-refractivity contribution < 1.29 is 9.53 Å². The fourth-order valence-electron chi connectivity index (χ4n) is 1.45. The fraction of sp³-hybridized carbons (Fsp3) is 0.889. The smallest absolute Gasteiger partial charge is 0.234 e. The Hall–Kier alpha value is -0.280. The van der Waals surface area contributed by atoms with Crippen molar-refractivity contribution in [1.29, 1.82) is 0 Å². The van der Waals surface area contributed by atoms with Crippen LogP contribution in [0.2, 0.25) is 0 Å². The summed E-state index contributed by atoms with van der Waals surface area (Å²) in [5.41, 5.74) is 0. The van der Waals surface area contributed by atoms with Gasteiger partial charge in [0, 0.05) is 13.2 Å². The molecular formula is C9H16ClNO2. The molecular weight excluding hydrogens is 190 g/mol. The summed E-state index contributed by atoms with van der Waals surface area (Å²) < 4.78 is 5.51. The van der Waals surface area contributed by atoms with Crippen LogP contribution < -0.4 is 5.32 Å². The number of rotatable bonds is 4. The van der Waals surface area contributed by atoms with E-state index < -0.39 is 0 Å². The molecule has 1 aliphatic rings.